The van der Waals surface area contributed by atoms with Crippen molar-refractivity contribution in [3.05, 3.63) is 45.2 Å². The van der Waals surface area contributed by atoms with Gasteiger partial charge in [0.25, 0.3) is 5.91 Å². The van der Waals surface area contributed by atoms with E-state index in [0.717, 1.165) is 47.6 Å². The van der Waals surface area contributed by atoms with Gasteiger partial charge in [-0.15, -0.1) is 11.3 Å². The van der Waals surface area contributed by atoms with E-state index >= 15 is 0 Å². The van der Waals surface area contributed by atoms with Gasteiger partial charge in [0.15, 0.2) is 0 Å². The highest BCUT2D eigenvalue weighted by Gasteiger charge is 2.33. The molecule has 2 saturated heterocycles. The number of amides is 2. The number of rotatable bonds is 3. The second-order valence-corrected chi connectivity index (χ2v) is 9.08. The van der Waals surface area contributed by atoms with Gasteiger partial charge in [-0.3, -0.25) is 9.59 Å². The average molecular weight is 463 g/mol. The number of piperidine rings is 1. The Balaban J connectivity index is 1.33. The number of thiophene rings is 1. The summed E-state index contributed by atoms with van der Waals surface area (Å²) in [6.45, 7) is 4.24. The van der Waals surface area contributed by atoms with Gasteiger partial charge in [-0.2, -0.15) is 0 Å². The third-order valence-electron chi connectivity index (χ3n) is 5.42. The molecule has 8 heteroatoms. The normalized spacial score (nSPS) is 20.3. The van der Waals surface area contributed by atoms with Crippen molar-refractivity contribution in [2.24, 2.45) is 5.92 Å². The Morgan fingerprint density at radius 3 is 2.57 bits per heavy atom. The predicted molar refractivity (Wildman–Crippen MR) is 114 cm³/mol. The van der Waals surface area contributed by atoms with Crippen molar-refractivity contribution in [3.63, 3.8) is 0 Å². The molecule has 148 valence electrons. The van der Waals surface area contributed by atoms with Gasteiger partial charge in [0, 0.05) is 49.9 Å². The average Bonchev–Trinajstić information content (AvgIpc) is 3.28. The van der Waals surface area contributed by atoms with Gasteiger partial charge < -0.3 is 14.7 Å². The predicted octanol–water partition coefficient (Wildman–Crippen LogP) is 3.11. The molecule has 4 rings (SSSR count). The highest BCUT2D eigenvalue weighted by atomic mass is 79.9. The molecular weight excluding hydrogens is 440 g/mol. The van der Waals surface area contributed by atoms with Gasteiger partial charge in [0.05, 0.1) is 10.8 Å². The molecule has 2 amide bonds. The number of carbonyl (C=O) groups is 2. The first-order valence-corrected chi connectivity index (χ1v) is 11.3. The van der Waals surface area contributed by atoms with Gasteiger partial charge in [-0.05, 0) is 52.4 Å². The van der Waals surface area contributed by atoms with Crippen LogP contribution in [0.3, 0.4) is 0 Å². The molecule has 2 aliphatic heterocycles. The summed E-state index contributed by atoms with van der Waals surface area (Å²) in [4.78, 5) is 36.9. The molecule has 28 heavy (non-hydrogen) atoms. The summed E-state index contributed by atoms with van der Waals surface area (Å²) >= 11 is 4.87. The Bertz CT molecular complexity index is 819. The van der Waals surface area contributed by atoms with Crippen molar-refractivity contribution in [1.29, 1.82) is 0 Å². The SMILES string of the molecule is O=C(c1cccs1)N1CCCC(C(=O)N2CCN(c3ccc(Br)cn3)CC2)C1. The summed E-state index contributed by atoms with van der Waals surface area (Å²) in [6, 6.07) is 7.73. The van der Waals surface area contributed by atoms with E-state index in [1.165, 1.54) is 11.3 Å². The standard InChI is InChI=1S/C20H23BrN4O2S/c21-16-5-6-18(22-13-16)23-8-10-24(11-9-23)19(26)15-3-1-7-25(14-15)20(27)17-4-2-12-28-17/h2,4-6,12-13,15H,1,3,7-11,14H2. The molecule has 0 radical (unpaired) electrons. The van der Waals surface area contributed by atoms with Crippen LogP contribution in [0.15, 0.2) is 40.3 Å². The summed E-state index contributed by atoms with van der Waals surface area (Å²) in [5.41, 5.74) is 0. The number of pyridine rings is 1. The van der Waals surface area contributed by atoms with Crippen LogP contribution < -0.4 is 4.90 Å². The van der Waals surface area contributed by atoms with E-state index in [-0.39, 0.29) is 17.7 Å². The van der Waals surface area contributed by atoms with Gasteiger partial charge in [0.1, 0.15) is 5.82 Å². The lowest BCUT2D eigenvalue weighted by atomic mass is 9.96. The Kier molecular flexibility index (Phi) is 5.96. The number of carbonyl (C=O) groups excluding carboxylic acids is 2. The minimum absolute atomic E-state index is 0.0543. The fraction of sp³-hybridized carbons (Fsp3) is 0.450. The van der Waals surface area contributed by atoms with Crippen LogP contribution in [0.2, 0.25) is 0 Å². The first kappa shape index (κ1) is 19.4. The number of halogens is 1. The molecule has 1 atom stereocenters. The number of aromatic nitrogens is 1. The molecule has 2 fully saturated rings. The molecule has 0 aromatic carbocycles. The monoisotopic (exact) mass is 462 g/mol. The Labute approximate surface area is 177 Å². The summed E-state index contributed by atoms with van der Waals surface area (Å²) in [5.74, 6) is 1.10. The maximum Gasteiger partial charge on any atom is 0.263 e. The third kappa shape index (κ3) is 4.22. The molecular formula is C20H23BrN4O2S. The van der Waals surface area contributed by atoms with E-state index in [9.17, 15) is 9.59 Å². The van der Waals surface area contributed by atoms with E-state index in [1.54, 1.807) is 6.20 Å². The van der Waals surface area contributed by atoms with Crippen LogP contribution >= 0.6 is 27.3 Å². The van der Waals surface area contributed by atoms with Gasteiger partial charge in [-0.1, -0.05) is 6.07 Å². The lowest BCUT2D eigenvalue weighted by molar-refractivity contribution is -0.137. The van der Waals surface area contributed by atoms with Gasteiger partial charge in [0.2, 0.25) is 5.91 Å². The summed E-state index contributed by atoms with van der Waals surface area (Å²) < 4.78 is 0.962. The van der Waals surface area contributed by atoms with E-state index in [0.29, 0.717) is 19.6 Å². The topological polar surface area (TPSA) is 56.8 Å². The lowest BCUT2D eigenvalue weighted by Crippen LogP contribution is -2.53. The zero-order chi connectivity index (χ0) is 19.5. The van der Waals surface area contributed by atoms with Crippen LogP contribution in [0.1, 0.15) is 22.5 Å². The maximum atomic E-state index is 13.0. The van der Waals surface area contributed by atoms with Crippen LogP contribution in [0.5, 0.6) is 0 Å². The summed E-state index contributed by atoms with van der Waals surface area (Å²) in [5, 5.41) is 1.92. The van der Waals surface area contributed by atoms with Crippen LogP contribution in [-0.2, 0) is 4.79 Å². The number of hydrogen-bond donors (Lipinski definition) is 0. The summed E-state index contributed by atoms with van der Waals surface area (Å²) in [6.07, 6.45) is 3.55. The Morgan fingerprint density at radius 1 is 1.07 bits per heavy atom. The zero-order valence-electron chi connectivity index (χ0n) is 15.6. The molecule has 0 N–H and O–H groups in total. The molecule has 0 saturated carbocycles. The second kappa shape index (κ2) is 8.61. The minimum atomic E-state index is -0.0879. The van der Waals surface area contributed by atoms with Crippen LogP contribution in [0.4, 0.5) is 5.82 Å². The number of anilines is 1. The van der Waals surface area contributed by atoms with Crippen molar-refractivity contribution in [2.75, 3.05) is 44.2 Å². The van der Waals surface area contributed by atoms with Gasteiger partial charge in [-0.25, -0.2) is 4.98 Å². The van der Waals surface area contributed by atoms with Crippen LogP contribution in [-0.4, -0.2) is 65.9 Å². The van der Waals surface area contributed by atoms with Crippen molar-refractivity contribution in [3.8, 4) is 0 Å². The first-order chi connectivity index (χ1) is 13.6. The number of nitrogens with zero attached hydrogens (tertiary/aromatic N) is 4. The highest BCUT2D eigenvalue weighted by Crippen LogP contribution is 2.23. The lowest BCUT2D eigenvalue weighted by Gasteiger charge is -2.39. The van der Waals surface area contributed by atoms with Crippen molar-refractivity contribution < 1.29 is 9.59 Å². The van der Waals surface area contributed by atoms with Crippen molar-refractivity contribution in [1.82, 2.24) is 14.8 Å². The third-order valence-corrected chi connectivity index (χ3v) is 6.74. The Hall–Kier alpha value is -1.93. The minimum Gasteiger partial charge on any atom is -0.353 e. The quantitative estimate of drug-likeness (QED) is 0.702. The molecule has 1 unspecified atom stereocenters. The summed E-state index contributed by atoms with van der Waals surface area (Å²) in [7, 11) is 0. The van der Waals surface area contributed by atoms with Gasteiger partial charge >= 0.3 is 0 Å². The molecule has 2 aliphatic rings. The van der Waals surface area contributed by atoms with Crippen molar-refractivity contribution in [2.45, 2.75) is 12.8 Å². The smallest absolute Gasteiger partial charge is 0.263 e. The van der Waals surface area contributed by atoms with Crippen LogP contribution in [0, 0.1) is 5.92 Å². The van der Waals surface area contributed by atoms with E-state index in [2.05, 4.69) is 25.8 Å². The molecule has 4 heterocycles. The molecule has 2 aromatic heterocycles. The molecule has 0 aliphatic carbocycles. The molecule has 0 bridgehead atoms. The van der Waals surface area contributed by atoms with E-state index in [1.807, 2.05) is 39.4 Å². The fourth-order valence-corrected chi connectivity index (χ4v) is 4.81. The Morgan fingerprint density at radius 2 is 1.89 bits per heavy atom. The molecule has 6 nitrogen and oxygen atoms in total. The number of likely N-dealkylation sites (tertiary alicyclic amines) is 1. The highest BCUT2D eigenvalue weighted by molar-refractivity contribution is 9.10. The van der Waals surface area contributed by atoms with Crippen LogP contribution in [0.25, 0.3) is 0 Å². The largest absolute Gasteiger partial charge is 0.353 e. The number of hydrogen-bond acceptors (Lipinski definition) is 5. The van der Waals surface area contributed by atoms with E-state index < -0.39 is 0 Å². The first-order valence-electron chi connectivity index (χ1n) is 9.60. The molecule has 2 aromatic rings. The fourth-order valence-electron chi connectivity index (χ4n) is 3.89. The second-order valence-electron chi connectivity index (χ2n) is 7.21. The van der Waals surface area contributed by atoms with E-state index in [4.69, 9.17) is 0 Å². The maximum absolute atomic E-state index is 13.0. The molecule has 0 spiro atoms. The van der Waals surface area contributed by atoms with Crippen molar-refractivity contribution >= 4 is 44.9 Å². The zero-order valence-corrected chi connectivity index (χ0v) is 18.0. The number of piperazine rings is 1.